The normalized spacial score (nSPS) is 11.1. The van der Waals surface area contributed by atoms with Crippen molar-refractivity contribution in [3.63, 3.8) is 0 Å². The maximum atomic E-state index is 12.6. The van der Waals surface area contributed by atoms with Crippen molar-refractivity contribution in [2.75, 3.05) is 7.11 Å². The molecule has 0 spiro atoms. The highest BCUT2D eigenvalue weighted by molar-refractivity contribution is 5.86. The largest absolute Gasteiger partial charge is 0.479 e. The molecular formula is C23H26N6O2. The SMILES string of the molecule is COc1nn(C)c2nc(C)c(CCC(=O)NCc3ccccc3-n3cccn3)c(C)c12. The van der Waals surface area contributed by atoms with Gasteiger partial charge in [-0.15, -0.1) is 5.10 Å². The number of benzene rings is 1. The Morgan fingerprint density at radius 1 is 1.19 bits per heavy atom. The van der Waals surface area contributed by atoms with Crippen LogP contribution in [0.15, 0.2) is 42.7 Å². The first-order chi connectivity index (χ1) is 15.0. The molecule has 0 aliphatic carbocycles. The summed E-state index contributed by atoms with van der Waals surface area (Å²) >= 11 is 0. The van der Waals surface area contributed by atoms with Crippen LogP contribution < -0.4 is 10.1 Å². The average molecular weight is 419 g/mol. The van der Waals surface area contributed by atoms with Gasteiger partial charge in [0.15, 0.2) is 5.65 Å². The number of amides is 1. The summed E-state index contributed by atoms with van der Waals surface area (Å²) in [5.41, 5.74) is 5.78. The average Bonchev–Trinajstić information content (AvgIpc) is 3.40. The lowest BCUT2D eigenvalue weighted by atomic mass is 10.00. The van der Waals surface area contributed by atoms with E-state index in [-0.39, 0.29) is 5.91 Å². The minimum atomic E-state index is -0.00711. The van der Waals surface area contributed by atoms with E-state index in [1.54, 1.807) is 22.7 Å². The summed E-state index contributed by atoms with van der Waals surface area (Å²) in [5, 5.41) is 12.6. The van der Waals surface area contributed by atoms with Gasteiger partial charge >= 0.3 is 0 Å². The highest BCUT2D eigenvalue weighted by Gasteiger charge is 2.18. The molecule has 1 aromatic carbocycles. The standard InChI is InChI=1S/C23H26N6O2/c1-15-18(16(2)26-22-21(15)23(31-4)27-28(22)3)10-11-20(30)24-14-17-8-5-6-9-19(17)29-13-7-12-25-29/h5-9,12-13H,10-11,14H2,1-4H3,(H,24,30). The molecule has 0 saturated carbocycles. The molecule has 0 fully saturated rings. The van der Waals surface area contributed by atoms with Crippen LogP contribution in [0.1, 0.15) is 28.8 Å². The van der Waals surface area contributed by atoms with Crippen molar-refractivity contribution < 1.29 is 9.53 Å². The third kappa shape index (κ3) is 4.01. The van der Waals surface area contributed by atoms with Gasteiger partial charge in [-0.05, 0) is 49.1 Å². The van der Waals surface area contributed by atoms with Crippen LogP contribution in [0.4, 0.5) is 0 Å². The molecule has 0 aliphatic rings. The number of nitrogens with zero attached hydrogens (tertiary/aromatic N) is 5. The van der Waals surface area contributed by atoms with Crippen molar-refractivity contribution in [1.29, 1.82) is 0 Å². The molecule has 1 amide bonds. The lowest BCUT2D eigenvalue weighted by molar-refractivity contribution is -0.121. The number of para-hydroxylation sites is 1. The second-order valence-electron chi connectivity index (χ2n) is 7.49. The molecule has 160 valence electrons. The van der Waals surface area contributed by atoms with E-state index in [1.165, 1.54) is 0 Å². The van der Waals surface area contributed by atoms with Gasteiger partial charge in [0.05, 0.1) is 18.2 Å². The fourth-order valence-corrected chi connectivity index (χ4v) is 3.92. The Kier molecular flexibility index (Phi) is 5.70. The number of hydrogen-bond donors (Lipinski definition) is 1. The van der Waals surface area contributed by atoms with Crippen LogP contribution in [0.5, 0.6) is 5.88 Å². The zero-order valence-electron chi connectivity index (χ0n) is 18.2. The van der Waals surface area contributed by atoms with Gasteiger partial charge in [-0.2, -0.15) is 5.10 Å². The van der Waals surface area contributed by atoms with Crippen LogP contribution in [-0.4, -0.2) is 37.6 Å². The van der Waals surface area contributed by atoms with Gasteiger partial charge < -0.3 is 10.1 Å². The van der Waals surface area contributed by atoms with E-state index in [0.29, 0.717) is 25.3 Å². The predicted molar refractivity (Wildman–Crippen MR) is 118 cm³/mol. The van der Waals surface area contributed by atoms with Crippen LogP contribution in [0.25, 0.3) is 16.7 Å². The van der Waals surface area contributed by atoms with E-state index in [0.717, 1.165) is 39.1 Å². The molecule has 0 aliphatic heterocycles. The summed E-state index contributed by atoms with van der Waals surface area (Å²) in [5.74, 6) is 0.552. The van der Waals surface area contributed by atoms with Crippen LogP contribution in [0, 0.1) is 13.8 Å². The van der Waals surface area contributed by atoms with Gasteiger partial charge in [-0.25, -0.2) is 14.3 Å². The Balaban J connectivity index is 1.46. The van der Waals surface area contributed by atoms with Crippen LogP contribution in [0.3, 0.4) is 0 Å². The number of rotatable bonds is 7. The first-order valence-electron chi connectivity index (χ1n) is 10.2. The molecule has 0 saturated heterocycles. The lowest BCUT2D eigenvalue weighted by Crippen LogP contribution is -2.24. The maximum Gasteiger partial charge on any atom is 0.242 e. The topological polar surface area (TPSA) is 86.9 Å². The molecule has 4 aromatic rings. The van der Waals surface area contributed by atoms with E-state index in [2.05, 4.69) is 15.5 Å². The molecule has 0 radical (unpaired) electrons. The number of carbonyl (C=O) groups excluding carboxylic acids is 1. The number of hydrogen-bond acceptors (Lipinski definition) is 5. The Bertz CT molecular complexity index is 1230. The minimum Gasteiger partial charge on any atom is -0.479 e. The van der Waals surface area contributed by atoms with E-state index < -0.39 is 0 Å². The molecule has 3 aromatic heterocycles. The van der Waals surface area contributed by atoms with Crippen molar-refractivity contribution in [3.8, 4) is 11.6 Å². The molecule has 8 nitrogen and oxygen atoms in total. The van der Waals surface area contributed by atoms with Gasteiger partial charge in [-0.1, -0.05) is 18.2 Å². The molecule has 4 rings (SSSR count). The first-order valence-corrected chi connectivity index (χ1v) is 10.2. The van der Waals surface area contributed by atoms with Crippen LogP contribution in [0.2, 0.25) is 0 Å². The third-order valence-corrected chi connectivity index (χ3v) is 5.54. The second kappa shape index (κ2) is 8.59. The molecule has 0 unspecified atom stereocenters. The Hall–Kier alpha value is -3.68. The first kappa shape index (κ1) is 20.6. The Morgan fingerprint density at radius 2 is 2.00 bits per heavy atom. The fourth-order valence-electron chi connectivity index (χ4n) is 3.92. The van der Waals surface area contributed by atoms with E-state index in [1.807, 2.05) is 57.4 Å². The van der Waals surface area contributed by atoms with Gasteiger partial charge in [0, 0.05) is 38.1 Å². The lowest BCUT2D eigenvalue weighted by Gasteiger charge is -2.13. The number of aromatic nitrogens is 5. The smallest absolute Gasteiger partial charge is 0.242 e. The number of nitrogens with one attached hydrogen (secondary N) is 1. The summed E-state index contributed by atoms with van der Waals surface area (Å²) in [6.45, 7) is 4.45. The van der Waals surface area contributed by atoms with Crippen molar-refractivity contribution >= 4 is 16.9 Å². The quantitative estimate of drug-likeness (QED) is 0.499. The molecule has 1 N–H and O–H groups in total. The van der Waals surface area contributed by atoms with Crippen molar-refractivity contribution in [2.24, 2.45) is 7.05 Å². The van der Waals surface area contributed by atoms with Crippen molar-refractivity contribution in [3.05, 3.63) is 65.1 Å². The fraction of sp³-hybridized carbons (Fsp3) is 0.304. The van der Waals surface area contributed by atoms with Crippen LogP contribution >= 0.6 is 0 Å². The molecule has 0 bridgehead atoms. The minimum absolute atomic E-state index is 0.00711. The predicted octanol–water partition coefficient (Wildman–Crippen LogP) is 3.03. The Labute approximate surface area is 180 Å². The summed E-state index contributed by atoms with van der Waals surface area (Å²) in [6, 6.07) is 9.79. The zero-order chi connectivity index (χ0) is 22.0. The Morgan fingerprint density at radius 3 is 2.74 bits per heavy atom. The molecule has 3 heterocycles. The van der Waals surface area contributed by atoms with Gasteiger partial charge in [0.1, 0.15) is 0 Å². The van der Waals surface area contributed by atoms with E-state index >= 15 is 0 Å². The summed E-state index contributed by atoms with van der Waals surface area (Å²) in [4.78, 5) is 17.3. The highest BCUT2D eigenvalue weighted by Crippen LogP contribution is 2.30. The molecule has 8 heteroatoms. The van der Waals surface area contributed by atoms with Gasteiger partial charge in [0.2, 0.25) is 11.8 Å². The third-order valence-electron chi connectivity index (χ3n) is 5.54. The molecular weight excluding hydrogens is 392 g/mol. The number of fused-ring (bicyclic) bond motifs is 1. The number of pyridine rings is 1. The number of ether oxygens (including phenoxy) is 1. The summed E-state index contributed by atoms with van der Waals surface area (Å²) < 4.78 is 8.95. The van der Waals surface area contributed by atoms with Gasteiger partial charge in [0.25, 0.3) is 0 Å². The van der Waals surface area contributed by atoms with Crippen molar-refractivity contribution in [1.82, 2.24) is 29.9 Å². The van der Waals surface area contributed by atoms with E-state index in [4.69, 9.17) is 9.72 Å². The number of aryl methyl sites for hydroxylation is 3. The summed E-state index contributed by atoms with van der Waals surface area (Å²) in [7, 11) is 3.46. The molecule has 0 atom stereocenters. The van der Waals surface area contributed by atoms with Crippen LogP contribution in [-0.2, 0) is 24.8 Å². The maximum absolute atomic E-state index is 12.6. The van der Waals surface area contributed by atoms with Crippen molar-refractivity contribution in [2.45, 2.75) is 33.2 Å². The highest BCUT2D eigenvalue weighted by atomic mass is 16.5. The van der Waals surface area contributed by atoms with E-state index in [9.17, 15) is 4.79 Å². The van der Waals surface area contributed by atoms with Gasteiger partial charge in [-0.3, -0.25) is 4.79 Å². The zero-order valence-corrected chi connectivity index (χ0v) is 18.2. The monoisotopic (exact) mass is 418 g/mol. The second-order valence-corrected chi connectivity index (χ2v) is 7.49. The molecule has 31 heavy (non-hydrogen) atoms. The summed E-state index contributed by atoms with van der Waals surface area (Å²) in [6.07, 6.45) is 4.61. The number of methoxy groups -OCH3 is 1. The number of carbonyl (C=O) groups is 1.